The number of hydrogen-bond donors (Lipinski definition) is 0. The second-order valence-electron chi connectivity index (χ2n) is 22.7. The molecule has 0 aliphatic carbocycles. The van der Waals surface area contributed by atoms with E-state index in [2.05, 4.69) is 167 Å². The van der Waals surface area contributed by atoms with Gasteiger partial charge in [0.05, 0.1) is 0 Å². The number of benzene rings is 2. The minimum absolute atomic E-state index is 0. The molecule has 2 aromatic rings. The molecule has 0 spiro atoms. The zero-order chi connectivity index (χ0) is 44.6. The molecule has 0 amide bonds. The van der Waals surface area contributed by atoms with Crippen LogP contribution in [-0.2, 0) is 51.4 Å². The van der Waals surface area contributed by atoms with Gasteiger partial charge in [0.15, 0.2) is 0 Å². The van der Waals surface area contributed by atoms with Gasteiger partial charge in [-0.3, -0.25) is 0 Å². The Morgan fingerprint density at radius 2 is 0.458 bits per heavy atom. The SMILES string of the molecule is C1CCOC1.C1CCOC1.C1CCOC1.C1CCOC1.CC(C)(C)c1cc(C(C)(C)C)c(P)c(C(C)(C)C)c1.CC(C)(C)c1cc(C(C)(C)C)c(P)c(C(C)(C)C)c1.[Eu]. The zero-order valence-corrected chi connectivity index (χ0v) is 46.5. The van der Waals surface area contributed by atoms with E-state index in [9.17, 15) is 0 Å². The summed E-state index contributed by atoms with van der Waals surface area (Å²) in [7, 11) is 5.96. The van der Waals surface area contributed by atoms with Crippen molar-refractivity contribution in [1.29, 1.82) is 0 Å². The molecule has 1 radical (unpaired) electrons. The van der Waals surface area contributed by atoms with Crippen LogP contribution in [0.15, 0.2) is 24.3 Å². The van der Waals surface area contributed by atoms with E-state index in [-0.39, 0.29) is 81.9 Å². The largest absolute Gasteiger partial charge is 0.381 e. The summed E-state index contributed by atoms with van der Waals surface area (Å²) in [5, 5.41) is 2.76. The summed E-state index contributed by atoms with van der Waals surface area (Å²) < 4.78 is 19.8. The maximum absolute atomic E-state index is 4.94. The minimum atomic E-state index is 0. The first-order chi connectivity index (χ1) is 26.5. The van der Waals surface area contributed by atoms with Crippen LogP contribution in [0.25, 0.3) is 0 Å². The normalized spacial score (nSPS) is 17.0. The monoisotopic (exact) mass is 998 g/mol. The van der Waals surface area contributed by atoms with Crippen LogP contribution in [0.4, 0.5) is 0 Å². The van der Waals surface area contributed by atoms with Crippen LogP contribution in [0.3, 0.4) is 0 Å². The van der Waals surface area contributed by atoms with Gasteiger partial charge in [0.25, 0.3) is 0 Å². The fourth-order valence-corrected chi connectivity index (χ4v) is 8.76. The van der Waals surface area contributed by atoms with Crippen molar-refractivity contribution in [3.05, 3.63) is 57.6 Å². The summed E-state index contributed by atoms with van der Waals surface area (Å²) in [6, 6.07) is 9.60. The van der Waals surface area contributed by atoms with Crippen molar-refractivity contribution >= 4 is 29.1 Å². The van der Waals surface area contributed by atoms with Crippen LogP contribution in [0.1, 0.15) is 209 Å². The fraction of sp³-hybridized carbons (Fsp3) is 0.769. The van der Waals surface area contributed by atoms with Crippen LogP contribution >= 0.6 is 18.5 Å². The summed E-state index contributed by atoms with van der Waals surface area (Å²) in [6.07, 6.45) is 10.2. The van der Waals surface area contributed by atoms with E-state index in [0.29, 0.717) is 0 Å². The van der Waals surface area contributed by atoms with E-state index in [0.717, 1.165) is 52.9 Å². The van der Waals surface area contributed by atoms with Crippen LogP contribution in [-0.4, -0.2) is 52.9 Å². The van der Waals surface area contributed by atoms with Gasteiger partial charge in [0.1, 0.15) is 0 Å². The van der Waals surface area contributed by atoms with E-state index in [1.165, 1.54) is 95.4 Å². The molecule has 0 N–H and O–H groups in total. The first-order valence-corrected chi connectivity index (χ1v) is 23.9. The van der Waals surface area contributed by atoms with Gasteiger partial charge >= 0.3 is 0 Å². The molecule has 0 aromatic heterocycles. The molecule has 0 bridgehead atoms. The second-order valence-corrected chi connectivity index (χ2v) is 23.9. The van der Waals surface area contributed by atoms with E-state index >= 15 is 0 Å². The second kappa shape index (κ2) is 27.3. The number of hydrogen-bond acceptors (Lipinski definition) is 4. The molecule has 4 aliphatic rings. The molecular formula is C52H94EuO4P2. The predicted molar refractivity (Wildman–Crippen MR) is 264 cm³/mol. The van der Waals surface area contributed by atoms with Gasteiger partial charge in [-0.25, -0.2) is 0 Å². The van der Waals surface area contributed by atoms with Crippen LogP contribution in [0.2, 0.25) is 0 Å². The average Bonchev–Trinajstić information content (AvgIpc) is 3.94. The summed E-state index contributed by atoms with van der Waals surface area (Å²) in [5.41, 5.74) is 9.79. The van der Waals surface area contributed by atoms with Gasteiger partial charge in [0, 0.05) is 102 Å². The van der Waals surface area contributed by atoms with Gasteiger partial charge in [-0.15, -0.1) is 18.5 Å². The van der Waals surface area contributed by atoms with E-state index in [4.69, 9.17) is 18.9 Å². The fourth-order valence-electron chi connectivity index (χ4n) is 6.70. The van der Waals surface area contributed by atoms with Crippen LogP contribution < -0.4 is 10.6 Å². The van der Waals surface area contributed by atoms with Crippen molar-refractivity contribution in [2.45, 2.75) is 208 Å². The van der Waals surface area contributed by atoms with E-state index in [1.54, 1.807) is 0 Å². The summed E-state index contributed by atoms with van der Waals surface area (Å²) in [6.45, 7) is 49.4. The van der Waals surface area contributed by atoms with Crippen molar-refractivity contribution in [3.8, 4) is 0 Å². The first kappa shape index (κ1) is 59.7. The first-order valence-electron chi connectivity index (χ1n) is 22.7. The quantitative estimate of drug-likeness (QED) is 0.247. The Morgan fingerprint density at radius 1 is 0.305 bits per heavy atom. The third kappa shape index (κ3) is 24.0. The minimum Gasteiger partial charge on any atom is -0.381 e. The van der Waals surface area contributed by atoms with Crippen molar-refractivity contribution in [3.63, 3.8) is 0 Å². The van der Waals surface area contributed by atoms with Gasteiger partial charge < -0.3 is 18.9 Å². The van der Waals surface area contributed by atoms with Gasteiger partial charge in [-0.1, -0.05) is 149 Å². The van der Waals surface area contributed by atoms with Crippen molar-refractivity contribution in [1.82, 2.24) is 0 Å². The summed E-state index contributed by atoms with van der Waals surface area (Å²) in [5.74, 6) is 0. The van der Waals surface area contributed by atoms with Crippen LogP contribution in [0, 0.1) is 49.4 Å². The molecule has 4 nitrogen and oxygen atoms in total. The molecule has 4 saturated heterocycles. The third-order valence-electron chi connectivity index (χ3n) is 10.6. The summed E-state index contributed by atoms with van der Waals surface area (Å²) in [4.78, 5) is 0. The molecule has 6 rings (SSSR count). The van der Waals surface area contributed by atoms with Gasteiger partial charge in [-0.05, 0) is 128 Å². The third-order valence-corrected chi connectivity index (χ3v) is 11.9. The Balaban J connectivity index is 0.000000766. The maximum atomic E-state index is 4.94. The van der Waals surface area contributed by atoms with Gasteiger partial charge in [-0.2, -0.15) is 0 Å². The Kier molecular flexibility index (Phi) is 27.6. The standard InChI is InChI=1S/2C18H31P.4C4H8O.Eu/c2*1-16(2,3)12-10-13(17(4,5)6)15(19)14(11-12)18(7,8)9;4*1-2-4-5-3-1;/h2*10-11H,19H2,1-9H3;4*1-4H2;. The molecule has 2 unspecified atom stereocenters. The van der Waals surface area contributed by atoms with Crippen LogP contribution in [0.5, 0.6) is 0 Å². The molecule has 4 fully saturated rings. The maximum Gasteiger partial charge on any atom is 0.0466 e. The Labute approximate surface area is 412 Å². The molecule has 2 atom stereocenters. The molecule has 0 saturated carbocycles. The molecule has 59 heavy (non-hydrogen) atoms. The molecule has 343 valence electrons. The van der Waals surface area contributed by atoms with Crippen molar-refractivity contribution in [2.75, 3.05) is 52.9 Å². The number of rotatable bonds is 0. The topological polar surface area (TPSA) is 36.9 Å². The van der Waals surface area contributed by atoms with Crippen molar-refractivity contribution < 1.29 is 68.3 Å². The molecule has 4 aliphatic heterocycles. The van der Waals surface area contributed by atoms with E-state index in [1.807, 2.05) is 0 Å². The smallest absolute Gasteiger partial charge is 0.0466 e. The Bertz CT molecular complexity index is 1210. The zero-order valence-electron chi connectivity index (χ0n) is 41.8. The number of ether oxygens (including phenoxy) is 4. The molecule has 2 aromatic carbocycles. The average molecular weight is 997 g/mol. The van der Waals surface area contributed by atoms with Gasteiger partial charge in [0.2, 0.25) is 0 Å². The molecular weight excluding hydrogens is 902 g/mol. The summed E-state index contributed by atoms with van der Waals surface area (Å²) >= 11 is 0. The Morgan fingerprint density at radius 3 is 0.542 bits per heavy atom. The predicted octanol–water partition coefficient (Wildman–Crippen LogP) is 13.3. The molecule has 7 heteroatoms. The Hall–Kier alpha value is 0.724. The van der Waals surface area contributed by atoms with E-state index < -0.39 is 0 Å². The van der Waals surface area contributed by atoms with Crippen molar-refractivity contribution in [2.24, 2.45) is 0 Å². The molecule has 4 heterocycles.